The highest BCUT2D eigenvalue weighted by Gasteiger charge is 2.15. The van der Waals surface area contributed by atoms with Crippen LogP contribution in [-0.2, 0) is 0 Å². The molecule has 78 valence electrons. The van der Waals surface area contributed by atoms with Crippen LogP contribution in [-0.4, -0.2) is 33.1 Å². The fraction of sp³-hybridized carbons (Fsp3) is 0.500. The molecular formula is C10H13N5. The van der Waals surface area contributed by atoms with Gasteiger partial charge in [-0.3, -0.25) is 0 Å². The number of hydrogen-bond donors (Lipinski definition) is 1. The summed E-state index contributed by atoms with van der Waals surface area (Å²) in [5.74, 6) is 0.612. The van der Waals surface area contributed by atoms with E-state index in [1.807, 2.05) is 6.20 Å². The van der Waals surface area contributed by atoms with Gasteiger partial charge < -0.3 is 5.32 Å². The first-order chi connectivity index (χ1) is 7.43. The smallest absolute Gasteiger partial charge is 0.179 e. The maximum atomic E-state index is 3.96. The largest absolute Gasteiger partial charge is 0.316 e. The zero-order valence-electron chi connectivity index (χ0n) is 8.43. The Kier molecular flexibility index (Phi) is 2.10. The maximum absolute atomic E-state index is 3.96. The summed E-state index contributed by atoms with van der Waals surface area (Å²) in [6, 6.07) is 4.19. The predicted molar refractivity (Wildman–Crippen MR) is 55.6 cm³/mol. The Balaban J connectivity index is 1.95. The molecule has 0 aromatic carbocycles. The monoisotopic (exact) mass is 203 g/mol. The van der Waals surface area contributed by atoms with Crippen LogP contribution in [0.3, 0.4) is 0 Å². The lowest BCUT2D eigenvalue weighted by Crippen LogP contribution is -2.28. The van der Waals surface area contributed by atoms with Crippen LogP contribution in [0.2, 0.25) is 0 Å². The van der Waals surface area contributed by atoms with Crippen molar-refractivity contribution in [3.8, 4) is 0 Å². The average molecular weight is 203 g/mol. The van der Waals surface area contributed by atoms with Crippen molar-refractivity contribution in [3.05, 3.63) is 23.9 Å². The number of nitrogens with zero attached hydrogens (tertiary/aromatic N) is 4. The molecule has 5 heteroatoms. The van der Waals surface area contributed by atoms with Crippen molar-refractivity contribution < 1.29 is 0 Å². The second kappa shape index (κ2) is 3.58. The Labute approximate surface area is 87.5 Å². The van der Waals surface area contributed by atoms with Gasteiger partial charge in [-0.25, -0.2) is 4.52 Å². The van der Waals surface area contributed by atoms with E-state index >= 15 is 0 Å². The third-order valence-corrected chi connectivity index (χ3v) is 2.99. The van der Waals surface area contributed by atoms with Crippen molar-refractivity contribution in [1.29, 1.82) is 0 Å². The van der Waals surface area contributed by atoms with E-state index in [9.17, 15) is 0 Å². The first-order valence-electron chi connectivity index (χ1n) is 5.32. The van der Waals surface area contributed by atoms with E-state index in [4.69, 9.17) is 0 Å². The summed E-state index contributed by atoms with van der Waals surface area (Å²) in [6.45, 7) is 2.21. The highest BCUT2D eigenvalue weighted by Crippen LogP contribution is 2.23. The molecule has 3 heterocycles. The second-order valence-electron chi connectivity index (χ2n) is 3.99. The van der Waals surface area contributed by atoms with Crippen LogP contribution < -0.4 is 5.32 Å². The van der Waals surface area contributed by atoms with E-state index in [2.05, 4.69) is 33.0 Å². The molecule has 0 bridgehead atoms. The average Bonchev–Trinajstić information content (AvgIpc) is 2.77. The molecule has 1 N–H and O–H groups in total. The molecular weight excluding hydrogens is 190 g/mol. The van der Waals surface area contributed by atoms with Gasteiger partial charge in [0.15, 0.2) is 5.65 Å². The fourth-order valence-electron chi connectivity index (χ4n) is 2.15. The number of hydrogen-bond acceptors (Lipinski definition) is 4. The Morgan fingerprint density at radius 2 is 2.47 bits per heavy atom. The SMILES string of the molecule is c1cn2nnnc2cc1C1CCCNC1. The van der Waals surface area contributed by atoms with Gasteiger partial charge >= 0.3 is 0 Å². The lowest BCUT2D eigenvalue weighted by molar-refractivity contribution is 0.461. The minimum Gasteiger partial charge on any atom is -0.316 e. The number of nitrogens with one attached hydrogen (secondary N) is 1. The summed E-state index contributed by atoms with van der Waals surface area (Å²) in [5.41, 5.74) is 2.17. The van der Waals surface area contributed by atoms with Crippen LogP contribution in [0.25, 0.3) is 5.65 Å². The van der Waals surface area contributed by atoms with E-state index in [1.165, 1.54) is 18.4 Å². The molecule has 15 heavy (non-hydrogen) atoms. The summed E-state index contributed by atoms with van der Waals surface area (Å²) < 4.78 is 1.69. The number of pyridine rings is 1. The van der Waals surface area contributed by atoms with Crippen molar-refractivity contribution in [1.82, 2.24) is 25.4 Å². The molecule has 0 saturated carbocycles. The van der Waals surface area contributed by atoms with Gasteiger partial charge in [0.2, 0.25) is 0 Å². The van der Waals surface area contributed by atoms with E-state index < -0.39 is 0 Å². The summed E-state index contributed by atoms with van der Waals surface area (Å²) in [6.07, 6.45) is 4.44. The third-order valence-electron chi connectivity index (χ3n) is 2.99. The minimum atomic E-state index is 0.612. The highest BCUT2D eigenvalue weighted by molar-refractivity contribution is 5.39. The van der Waals surface area contributed by atoms with Gasteiger partial charge in [-0.05, 0) is 53.4 Å². The molecule has 0 spiro atoms. The predicted octanol–water partition coefficient (Wildman–Crippen LogP) is 0.591. The number of rotatable bonds is 1. The summed E-state index contributed by atoms with van der Waals surface area (Å²) in [4.78, 5) is 0. The topological polar surface area (TPSA) is 55.1 Å². The molecule has 1 atom stereocenters. The van der Waals surface area contributed by atoms with Crippen LogP contribution in [0.4, 0.5) is 0 Å². The summed E-state index contributed by atoms with van der Waals surface area (Å²) in [7, 11) is 0. The normalized spacial score (nSPS) is 22.0. The minimum absolute atomic E-state index is 0.612. The van der Waals surface area contributed by atoms with Crippen molar-refractivity contribution in [2.24, 2.45) is 0 Å². The van der Waals surface area contributed by atoms with Crippen LogP contribution in [0.15, 0.2) is 18.3 Å². The molecule has 0 radical (unpaired) electrons. The van der Waals surface area contributed by atoms with Crippen LogP contribution in [0, 0.1) is 0 Å². The van der Waals surface area contributed by atoms with Crippen molar-refractivity contribution in [2.75, 3.05) is 13.1 Å². The Hall–Kier alpha value is -1.49. The van der Waals surface area contributed by atoms with Gasteiger partial charge in [-0.15, -0.1) is 5.10 Å². The van der Waals surface area contributed by atoms with Crippen molar-refractivity contribution in [3.63, 3.8) is 0 Å². The molecule has 1 saturated heterocycles. The second-order valence-corrected chi connectivity index (χ2v) is 3.99. The van der Waals surface area contributed by atoms with E-state index in [0.29, 0.717) is 5.92 Å². The first kappa shape index (κ1) is 8.79. The molecule has 3 rings (SSSR count). The van der Waals surface area contributed by atoms with Gasteiger partial charge in [0.05, 0.1) is 0 Å². The van der Waals surface area contributed by atoms with Crippen LogP contribution in [0.1, 0.15) is 24.3 Å². The number of aromatic nitrogens is 4. The van der Waals surface area contributed by atoms with Crippen LogP contribution in [0.5, 0.6) is 0 Å². The summed E-state index contributed by atoms with van der Waals surface area (Å²) in [5, 5.41) is 14.9. The van der Waals surface area contributed by atoms with Gasteiger partial charge in [-0.2, -0.15) is 0 Å². The molecule has 1 aliphatic heterocycles. The standard InChI is InChI=1S/C10H13N5/c1-2-9(7-11-4-1)8-3-5-15-10(6-8)12-13-14-15/h3,5-6,9,11H,1-2,4,7H2. The molecule has 1 fully saturated rings. The highest BCUT2D eigenvalue weighted by atomic mass is 15.5. The fourth-order valence-corrected chi connectivity index (χ4v) is 2.15. The molecule has 2 aromatic rings. The number of piperidine rings is 1. The molecule has 1 unspecified atom stereocenters. The molecule has 0 amide bonds. The van der Waals surface area contributed by atoms with Gasteiger partial charge in [-0.1, -0.05) is 0 Å². The van der Waals surface area contributed by atoms with Gasteiger partial charge in [0.25, 0.3) is 0 Å². The number of tetrazole rings is 1. The van der Waals surface area contributed by atoms with E-state index in [0.717, 1.165) is 18.7 Å². The first-order valence-corrected chi connectivity index (χ1v) is 5.32. The van der Waals surface area contributed by atoms with Gasteiger partial charge in [0, 0.05) is 12.7 Å². The van der Waals surface area contributed by atoms with E-state index in [-0.39, 0.29) is 0 Å². The maximum Gasteiger partial charge on any atom is 0.179 e. The number of fused-ring (bicyclic) bond motifs is 1. The van der Waals surface area contributed by atoms with Gasteiger partial charge in [0.1, 0.15) is 0 Å². The lowest BCUT2D eigenvalue weighted by Gasteiger charge is -2.22. The Bertz CT molecular complexity index is 458. The molecule has 0 aliphatic carbocycles. The zero-order valence-corrected chi connectivity index (χ0v) is 8.43. The van der Waals surface area contributed by atoms with Crippen molar-refractivity contribution in [2.45, 2.75) is 18.8 Å². The summed E-state index contributed by atoms with van der Waals surface area (Å²) >= 11 is 0. The Morgan fingerprint density at radius 1 is 1.47 bits per heavy atom. The lowest BCUT2D eigenvalue weighted by atomic mass is 9.92. The molecule has 5 nitrogen and oxygen atoms in total. The van der Waals surface area contributed by atoms with E-state index in [1.54, 1.807) is 4.52 Å². The molecule has 1 aliphatic rings. The molecule has 2 aromatic heterocycles. The van der Waals surface area contributed by atoms with Crippen molar-refractivity contribution >= 4 is 5.65 Å². The Morgan fingerprint density at radius 3 is 3.33 bits per heavy atom. The zero-order chi connectivity index (χ0) is 10.1. The quantitative estimate of drug-likeness (QED) is 0.737. The van der Waals surface area contributed by atoms with Crippen LogP contribution >= 0.6 is 0 Å². The third kappa shape index (κ3) is 1.59.